The highest BCUT2D eigenvalue weighted by Gasteiger charge is 2.28. The van der Waals surface area contributed by atoms with Crippen LogP contribution in [0.15, 0.2) is 126 Å². The molecule has 0 spiro atoms. The summed E-state index contributed by atoms with van der Waals surface area (Å²) in [6.07, 6.45) is 4.96. The molecule has 2 heterocycles. The minimum absolute atomic E-state index is 0.228. The van der Waals surface area contributed by atoms with E-state index >= 15 is 0 Å². The van der Waals surface area contributed by atoms with Crippen molar-refractivity contribution in [3.05, 3.63) is 138 Å². The molecule has 0 radical (unpaired) electrons. The summed E-state index contributed by atoms with van der Waals surface area (Å²) in [7, 11) is 0. The third kappa shape index (κ3) is 4.66. The van der Waals surface area contributed by atoms with Crippen LogP contribution in [-0.2, 0) is 12.8 Å². The minimum Gasteiger partial charge on any atom is -0.368 e. The van der Waals surface area contributed by atoms with Gasteiger partial charge >= 0.3 is 0 Å². The first-order valence-electron chi connectivity index (χ1n) is 15.7. The third-order valence-corrected chi connectivity index (χ3v) is 10.4. The van der Waals surface area contributed by atoms with E-state index in [9.17, 15) is 0 Å². The molecule has 1 aliphatic heterocycles. The van der Waals surface area contributed by atoms with Crippen molar-refractivity contribution in [1.82, 2.24) is 15.0 Å². The van der Waals surface area contributed by atoms with Crippen molar-refractivity contribution in [1.29, 1.82) is 0 Å². The number of nitrogens with one attached hydrogen (secondary N) is 1. The van der Waals surface area contributed by atoms with Gasteiger partial charge in [-0.1, -0.05) is 121 Å². The number of hydrogen-bond acceptors (Lipinski definition) is 5. The first-order chi connectivity index (χ1) is 22.3. The highest BCUT2D eigenvalue weighted by Crippen LogP contribution is 2.52. The molecule has 45 heavy (non-hydrogen) atoms. The number of rotatable bonds is 4. The van der Waals surface area contributed by atoms with Crippen LogP contribution >= 0.6 is 11.8 Å². The van der Waals surface area contributed by atoms with Crippen molar-refractivity contribution in [3.8, 4) is 34.2 Å². The van der Waals surface area contributed by atoms with Crippen molar-refractivity contribution in [2.45, 2.75) is 36.0 Å². The fourth-order valence-corrected chi connectivity index (χ4v) is 8.14. The van der Waals surface area contributed by atoms with E-state index in [-0.39, 0.29) is 5.37 Å². The zero-order valence-corrected chi connectivity index (χ0v) is 25.5. The zero-order chi connectivity index (χ0) is 29.7. The number of aromatic nitrogens is 3. The van der Waals surface area contributed by atoms with E-state index in [0.717, 1.165) is 16.7 Å². The molecule has 216 valence electrons. The molecule has 2 aliphatic rings. The molecule has 1 unspecified atom stereocenters. The van der Waals surface area contributed by atoms with Crippen molar-refractivity contribution >= 4 is 39.0 Å². The van der Waals surface area contributed by atoms with Crippen LogP contribution in [0.3, 0.4) is 0 Å². The van der Waals surface area contributed by atoms with Crippen molar-refractivity contribution in [2.75, 3.05) is 5.32 Å². The number of hydrogen-bond donors (Lipinski definition) is 1. The number of nitrogens with zero attached hydrogens (tertiary/aromatic N) is 3. The molecule has 1 N–H and O–H groups in total. The van der Waals surface area contributed by atoms with Gasteiger partial charge in [-0.15, -0.1) is 0 Å². The Hall–Kier alpha value is -5.00. The molecule has 0 amide bonds. The van der Waals surface area contributed by atoms with Gasteiger partial charge in [0.25, 0.3) is 0 Å². The lowest BCUT2D eigenvalue weighted by atomic mass is 9.88. The van der Waals surface area contributed by atoms with Gasteiger partial charge in [-0.05, 0) is 70.7 Å². The first kappa shape index (κ1) is 26.4. The zero-order valence-electron chi connectivity index (χ0n) is 24.7. The summed E-state index contributed by atoms with van der Waals surface area (Å²) in [4.78, 5) is 16.1. The molecular formula is C40H30N4S. The first-order valence-corrected chi connectivity index (χ1v) is 16.6. The van der Waals surface area contributed by atoms with Crippen LogP contribution in [0.1, 0.15) is 34.9 Å². The lowest BCUT2D eigenvalue weighted by Gasteiger charge is -2.22. The van der Waals surface area contributed by atoms with E-state index < -0.39 is 0 Å². The van der Waals surface area contributed by atoms with Crippen LogP contribution in [-0.4, -0.2) is 15.0 Å². The lowest BCUT2D eigenvalue weighted by Crippen LogP contribution is -2.11. The molecular weight excluding hydrogens is 569 g/mol. The Morgan fingerprint density at radius 3 is 2.00 bits per heavy atom. The monoisotopic (exact) mass is 598 g/mol. The summed E-state index contributed by atoms with van der Waals surface area (Å²) < 4.78 is 0. The fourth-order valence-electron chi connectivity index (χ4n) is 6.94. The number of fused-ring (bicyclic) bond motifs is 6. The molecule has 1 atom stereocenters. The van der Waals surface area contributed by atoms with Crippen LogP contribution in [0.5, 0.6) is 0 Å². The van der Waals surface area contributed by atoms with Crippen LogP contribution in [0.2, 0.25) is 0 Å². The second-order valence-electron chi connectivity index (χ2n) is 11.9. The van der Waals surface area contributed by atoms with E-state index in [1.807, 2.05) is 72.4 Å². The van der Waals surface area contributed by atoms with Crippen molar-refractivity contribution < 1.29 is 0 Å². The summed E-state index contributed by atoms with van der Waals surface area (Å²) >= 11 is 1.95. The number of aryl methyl sites for hydroxylation is 1. The average Bonchev–Trinajstić information content (AvgIpc) is 3.56. The summed E-state index contributed by atoms with van der Waals surface area (Å²) in [6.45, 7) is 0. The molecule has 9 rings (SSSR count). The van der Waals surface area contributed by atoms with Gasteiger partial charge in [-0.25, -0.2) is 15.0 Å². The SMILES string of the molecule is c1ccc(-c2nc(-c3ccccc3)nc(-c3ccc4c(ccc5ccc6c(c54)NC(c4cccc5c4CCCC5)S6)c3)n2)cc1. The fraction of sp³-hybridized carbons (Fsp3) is 0.125. The second-order valence-corrected chi connectivity index (χ2v) is 13.1. The highest BCUT2D eigenvalue weighted by atomic mass is 32.2. The third-order valence-electron chi connectivity index (χ3n) is 9.16. The normalized spacial score (nSPS) is 15.5. The summed E-state index contributed by atoms with van der Waals surface area (Å²) in [5, 5.41) is 9.12. The van der Waals surface area contributed by atoms with Gasteiger partial charge in [0.15, 0.2) is 17.5 Å². The molecule has 4 nitrogen and oxygen atoms in total. The van der Waals surface area contributed by atoms with Crippen LogP contribution in [0.25, 0.3) is 55.7 Å². The Morgan fingerprint density at radius 1 is 0.578 bits per heavy atom. The predicted octanol–water partition coefficient (Wildman–Crippen LogP) is 10.3. The molecule has 0 fully saturated rings. The van der Waals surface area contributed by atoms with E-state index in [2.05, 4.69) is 66.0 Å². The van der Waals surface area contributed by atoms with Gasteiger partial charge < -0.3 is 5.32 Å². The van der Waals surface area contributed by atoms with E-state index in [4.69, 9.17) is 15.0 Å². The molecule has 1 aromatic heterocycles. The largest absolute Gasteiger partial charge is 0.368 e. The topological polar surface area (TPSA) is 50.7 Å². The smallest absolute Gasteiger partial charge is 0.164 e. The molecule has 6 aromatic carbocycles. The molecule has 1 aliphatic carbocycles. The van der Waals surface area contributed by atoms with Crippen molar-refractivity contribution in [3.63, 3.8) is 0 Å². The van der Waals surface area contributed by atoms with Gasteiger partial charge in [-0.2, -0.15) is 0 Å². The molecule has 7 aromatic rings. The Morgan fingerprint density at radius 2 is 1.24 bits per heavy atom. The Bertz CT molecular complexity index is 2170. The Balaban J connectivity index is 1.15. The standard InChI is InChI=1S/C40H30N4S/c1-3-11-27(12-4-1)37-42-38(28-13-5-2-6-14-28)44-39(43-37)30-20-22-32-29(24-30)19-18-26-21-23-34-36(35(26)32)41-40(45-34)33-17-9-15-25-10-7-8-16-31(25)33/h1-6,9,11-15,17-24,40-41H,7-8,10,16H2. The molecule has 0 saturated carbocycles. The Labute approximate surface area is 266 Å². The average molecular weight is 599 g/mol. The van der Waals surface area contributed by atoms with Gasteiger partial charge in [0.2, 0.25) is 0 Å². The van der Waals surface area contributed by atoms with Crippen molar-refractivity contribution in [2.24, 2.45) is 0 Å². The summed E-state index contributed by atoms with van der Waals surface area (Å²) in [5.74, 6) is 2.02. The maximum Gasteiger partial charge on any atom is 0.164 e. The van der Waals surface area contributed by atoms with E-state index in [1.165, 1.54) is 68.9 Å². The highest BCUT2D eigenvalue weighted by molar-refractivity contribution is 8.00. The molecule has 0 bridgehead atoms. The molecule has 0 saturated heterocycles. The van der Waals surface area contributed by atoms with Crippen LogP contribution < -0.4 is 5.32 Å². The van der Waals surface area contributed by atoms with Crippen LogP contribution in [0.4, 0.5) is 5.69 Å². The van der Waals surface area contributed by atoms with E-state index in [1.54, 1.807) is 5.56 Å². The van der Waals surface area contributed by atoms with Gasteiger partial charge in [0.05, 0.1) is 5.69 Å². The maximum absolute atomic E-state index is 4.97. The maximum atomic E-state index is 4.97. The minimum atomic E-state index is 0.228. The Kier molecular flexibility index (Phi) is 6.37. The predicted molar refractivity (Wildman–Crippen MR) is 186 cm³/mol. The van der Waals surface area contributed by atoms with E-state index in [0.29, 0.717) is 17.5 Å². The van der Waals surface area contributed by atoms with Gasteiger partial charge in [0, 0.05) is 27.0 Å². The quantitative estimate of drug-likeness (QED) is 0.204. The number of thioether (sulfide) groups is 1. The number of anilines is 1. The summed E-state index contributed by atoms with van der Waals surface area (Å²) in [5.41, 5.74) is 8.69. The van der Waals surface area contributed by atoms with Crippen LogP contribution in [0, 0.1) is 0 Å². The number of benzene rings is 6. The summed E-state index contributed by atoms with van der Waals surface area (Å²) in [6, 6.07) is 42.8. The second kappa shape index (κ2) is 10.9. The lowest BCUT2D eigenvalue weighted by molar-refractivity contribution is 0.679. The van der Waals surface area contributed by atoms with Gasteiger partial charge in [0.1, 0.15) is 5.37 Å². The molecule has 5 heteroatoms. The van der Waals surface area contributed by atoms with Gasteiger partial charge in [-0.3, -0.25) is 0 Å².